The molecule has 0 fully saturated rings. The molecule has 6 nitrogen and oxygen atoms in total. The Hall–Kier alpha value is -4.07. The molecule has 0 saturated heterocycles. The molecule has 0 N–H and O–H groups in total. The molecule has 0 aliphatic rings. The summed E-state index contributed by atoms with van der Waals surface area (Å²) >= 11 is 0. The molecule has 37 heavy (non-hydrogen) atoms. The SMILES string of the molecule is C=C(C)C(=O)Oc1ccc(-c2ccc(-c3ccc(OC(=O)C(=C)C)c(COC)c3)c(COC)c2)c(F)c1. The van der Waals surface area contributed by atoms with E-state index in [2.05, 4.69) is 13.2 Å². The Labute approximate surface area is 215 Å². The zero-order valence-electron chi connectivity index (χ0n) is 21.4. The van der Waals surface area contributed by atoms with Gasteiger partial charge >= 0.3 is 11.9 Å². The highest BCUT2D eigenvalue weighted by molar-refractivity contribution is 5.89. The molecule has 0 saturated carbocycles. The van der Waals surface area contributed by atoms with Gasteiger partial charge in [0.1, 0.15) is 17.3 Å². The third-order valence-electron chi connectivity index (χ3n) is 5.44. The predicted octanol–water partition coefficient (Wildman–Crippen LogP) is 6.42. The maximum absolute atomic E-state index is 15.0. The van der Waals surface area contributed by atoms with Gasteiger partial charge in [0.25, 0.3) is 0 Å². The number of hydrogen-bond acceptors (Lipinski definition) is 6. The van der Waals surface area contributed by atoms with Crippen LogP contribution in [0.3, 0.4) is 0 Å². The first-order chi connectivity index (χ1) is 17.6. The molecular weight excluding hydrogens is 475 g/mol. The Balaban J connectivity index is 1.99. The van der Waals surface area contributed by atoms with E-state index in [0.717, 1.165) is 16.7 Å². The quantitative estimate of drug-likeness (QED) is 0.180. The van der Waals surface area contributed by atoms with Gasteiger partial charge in [0, 0.05) is 42.6 Å². The molecule has 0 spiro atoms. The smallest absolute Gasteiger partial charge is 0.338 e. The Morgan fingerprint density at radius 2 is 1.27 bits per heavy atom. The lowest BCUT2D eigenvalue weighted by Crippen LogP contribution is -2.10. The molecule has 0 aliphatic heterocycles. The fourth-order valence-electron chi connectivity index (χ4n) is 3.61. The summed E-state index contributed by atoms with van der Waals surface area (Å²) < 4.78 is 36.2. The van der Waals surface area contributed by atoms with Crippen LogP contribution in [-0.2, 0) is 32.3 Å². The zero-order valence-corrected chi connectivity index (χ0v) is 21.4. The summed E-state index contributed by atoms with van der Waals surface area (Å²) in [5.74, 6) is -1.18. The van der Waals surface area contributed by atoms with Crippen molar-refractivity contribution in [3.8, 4) is 33.8 Å². The summed E-state index contributed by atoms with van der Waals surface area (Å²) in [5.41, 5.74) is 4.73. The van der Waals surface area contributed by atoms with E-state index in [1.54, 1.807) is 39.3 Å². The van der Waals surface area contributed by atoms with Crippen LogP contribution in [0.2, 0.25) is 0 Å². The summed E-state index contributed by atoms with van der Waals surface area (Å²) in [5, 5.41) is 0. The summed E-state index contributed by atoms with van der Waals surface area (Å²) in [4.78, 5) is 23.8. The summed E-state index contributed by atoms with van der Waals surface area (Å²) in [6, 6.07) is 15.2. The van der Waals surface area contributed by atoms with Crippen molar-refractivity contribution in [2.24, 2.45) is 0 Å². The van der Waals surface area contributed by atoms with Crippen molar-refractivity contribution in [1.29, 1.82) is 0 Å². The highest BCUT2D eigenvalue weighted by Gasteiger charge is 2.16. The molecule has 0 aromatic heterocycles. The van der Waals surface area contributed by atoms with E-state index in [4.69, 9.17) is 18.9 Å². The van der Waals surface area contributed by atoms with Crippen LogP contribution in [0.5, 0.6) is 11.5 Å². The van der Waals surface area contributed by atoms with Gasteiger partial charge in [-0.1, -0.05) is 31.4 Å². The molecule has 3 aromatic rings. The van der Waals surface area contributed by atoms with E-state index >= 15 is 0 Å². The van der Waals surface area contributed by atoms with Gasteiger partial charge in [0.15, 0.2) is 0 Å². The van der Waals surface area contributed by atoms with Crippen LogP contribution >= 0.6 is 0 Å². The molecule has 0 bridgehead atoms. The van der Waals surface area contributed by atoms with Gasteiger partial charge in [-0.25, -0.2) is 14.0 Å². The van der Waals surface area contributed by atoms with Crippen molar-refractivity contribution in [1.82, 2.24) is 0 Å². The fraction of sp³-hybridized carbons (Fsp3) is 0.200. The minimum absolute atomic E-state index is 0.0982. The minimum atomic E-state index is -0.618. The molecule has 3 rings (SSSR count). The van der Waals surface area contributed by atoms with Crippen molar-refractivity contribution < 1.29 is 32.9 Å². The van der Waals surface area contributed by atoms with Crippen molar-refractivity contribution in [3.63, 3.8) is 0 Å². The number of halogens is 1. The Kier molecular flexibility index (Phi) is 9.11. The lowest BCUT2D eigenvalue weighted by molar-refractivity contribution is -0.131. The largest absolute Gasteiger partial charge is 0.423 e. The third-order valence-corrected chi connectivity index (χ3v) is 5.44. The molecule has 0 heterocycles. The van der Waals surface area contributed by atoms with Crippen LogP contribution in [0.1, 0.15) is 25.0 Å². The monoisotopic (exact) mass is 504 g/mol. The summed E-state index contributed by atoms with van der Waals surface area (Å²) in [6.07, 6.45) is 0. The van der Waals surface area contributed by atoms with E-state index < -0.39 is 17.8 Å². The van der Waals surface area contributed by atoms with E-state index in [-0.39, 0.29) is 24.5 Å². The Morgan fingerprint density at radius 1 is 0.730 bits per heavy atom. The number of carbonyl (C=O) groups excluding carboxylic acids is 2. The topological polar surface area (TPSA) is 71.1 Å². The fourth-order valence-corrected chi connectivity index (χ4v) is 3.61. The average molecular weight is 505 g/mol. The second kappa shape index (κ2) is 12.3. The van der Waals surface area contributed by atoms with Crippen LogP contribution in [0.4, 0.5) is 4.39 Å². The van der Waals surface area contributed by atoms with Crippen LogP contribution in [0, 0.1) is 5.82 Å². The number of hydrogen-bond donors (Lipinski definition) is 0. The Bertz CT molecular complexity index is 1360. The molecule has 0 radical (unpaired) electrons. The van der Waals surface area contributed by atoms with E-state index in [1.165, 1.54) is 19.1 Å². The van der Waals surface area contributed by atoms with Crippen LogP contribution in [0.25, 0.3) is 22.3 Å². The maximum atomic E-state index is 15.0. The van der Waals surface area contributed by atoms with Gasteiger partial charge in [-0.05, 0) is 66.4 Å². The zero-order chi connectivity index (χ0) is 27.1. The summed E-state index contributed by atoms with van der Waals surface area (Å²) in [7, 11) is 3.14. The number of methoxy groups -OCH3 is 2. The number of esters is 2. The standard InChI is InChI=1S/C30H29FO6/c1-18(2)29(32)36-24-9-11-26(27(31)15-24)21-7-10-25(22(13-21)16-34-5)20-8-12-28(23(14-20)17-35-6)37-30(33)19(3)4/h7-15H,1,3,16-17H2,2,4-6H3. The first-order valence-corrected chi connectivity index (χ1v) is 11.4. The highest BCUT2D eigenvalue weighted by Crippen LogP contribution is 2.34. The van der Waals surface area contributed by atoms with Gasteiger partial charge in [0.05, 0.1) is 13.2 Å². The van der Waals surface area contributed by atoms with Crippen LogP contribution in [-0.4, -0.2) is 26.2 Å². The maximum Gasteiger partial charge on any atom is 0.338 e. The first kappa shape index (κ1) is 27.5. The molecule has 0 aliphatic carbocycles. The van der Waals surface area contributed by atoms with Crippen molar-refractivity contribution in [2.75, 3.05) is 14.2 Å². The number of rotatable bonds is 10. The number of benzene rings is 3. The first-order valence-electron chi connectivity index (χ1n) is 11.4. The second-order valence-electron chi connectivity index (χ2n) is 8.54. The normalized spacial score (nSPS) is 10.6. The van der Waals surface area contributed by atoms with Crippen molar-refractivity contribution in [3.05, 3.63) is 95.8 Å². The third kappa shape index (κ3) is 6.78. The van der Waals surface area contributed by atoms with E-state index in [9.17, 15) is 14.0 Å². The van der Waals surface area contributed by atoms with Gasteiger partial charge < -0.3 is 18.9 Å². The van der Waals surface area contributed by atoms with E-state index in [1.807, 2.05) is 24.3 Å². The minimum Gasteiger partial charge on any atom is -0.423 e. The number of carbonyl (C=O) groups is 2. The lowest BCUT2D eigenvalue weighted by atomic mass is 9.94. The van der Waals surface area contributed by atoms with Crippen molar-refractivity contribution in [2.45, 2.75) is 27.1 Å². The Morgan fingerprint density at radius 3 is 1.89 bits per heavy atom. The highest BCUT2D eigenvalue weighted by atomic mass is 19.1. The molecule has 7 heteroatoms. The van der Waals surface area contributed by atoms with Gasteiger partial charge in [-0.3, -0.25) is 0 Å². The molecule has 192 valence electrons. The predicted molar refractivity (Wildman–Crippen MR) is 140 cm³/mol. The molecule has 0 unspecified atom stereocenters. The molecule has 3 aromatic carbocycles. The van der Waals surface area contributed by atoms with Gasteiger partial charge in [-0.2, -0.15) is 0 Å². The lowest BCUT2D eigenvalue weighted by Gasteiger charge is -2.15. The van der Waals surface area contributed by atoms with Gasteiger partial charge in [0.2, 0.25) is 0 Å². The van der Waals surface area contributed by atoms with E-state index in [0.29, 0.717) is 28.0 Å². The van der Waals surface area contributed by atoms with Crippen LogP contribution in [0.15, 0.2) is 78.9 Å². The van der Waals surface area contributed by atoms with Gasteiger partial charge in [-0.15, -0.1) is 0 Å². The van der Waals surface area contributed by atoms with Crippen LogP contribution < -0.4 is 9.47 Å². The second-order valence-corrected chi connectivity index (χ2v) is 8.54. The molecular formula is C30H29FO6. The average Bonchev–Trinajstić information content (AvgIpc) is 2.85. The number of ether oxygens (including phenoxy) is 4. The molecule has 0 atom stereocenters. The molecule has 0 amide bonds. The van der Waals surface area contributed by atoms with Crippen molar-refractivity contribution >= 4 is 11.9 Å². The summed E-state index contributed by atoms with van der Waals surface area (Å²) in [6.45, 7) is 10.8.